The largest absolute Gasteiger partial charge is 0.390 e. The minimum Gasteiger partial charge on any atom is -0.390 e. The molecule has 178 valence electrons. The van der Waals surface area contributed by atoms with Gasteiger partial charge in [0, 0.05) is 18.4 Å². The van der Waals surface area contributed by atoms with E-state index in [9.17, 15) is 14.3 Å². The Morgan fingerprint density at radius 2 is 1.56 bits per heavy atom. The summed E-state index contributed by atoms with van der Waals surface area (Å²) in [4.78, 5) is 15.5. The molecular formula is C30H34FNO2. The van der Waals surface area contributed by atoms with E-state index in [1.165, 1.54) is 17.7 Å². The highest BCUT2D eigenvalue weighted by Crippen LogP contribution is 2.43. The van der Waals surface area contributed by atoms with Crippen molar-refractivity contribution in [3.05, 3.63) is 95.8 Å². The first-order chi connectivity index (χ1) is 16.2. The van der Waals surface area contributed by atoms with E-state index in [0.29, 0.717) is 19.4 Å². The zero-order valence-electron chi connectivity index (χ0n) is 20.3. The van der Waals surface area contributed by atoms with Crippen molar-refractivity contribution < 1.29 is 14.3 Å². The summed E-state index contributed by atoms with van der Waals surface area (Å²) in [6, 6.07) is 24.9. The average molecular weight is 460 g/mol. The third kappa shape index (κ3) is 5.39. The van der Waals surface area contributed by atoms with Crippen molar-refractivity contribution in [3.8, 4) is 11.1 Å². The van der Waals surface area contributed by atoms with Gasteiger partial charge in [-0.1, -0.05) is 66.7 Å². The van der Waals surface area contributed by atoms with Gasteiger partial charge in [-0.2, -0.15) is 0 Å². The molecule has 0 spiro atoms. The number of aliphatic hydroxyl groups is 1. The molecule has 4 rings (SSSR count). The molecule has 1 aliphatic rings. The first kappa shape index (κ1) is 24.2. The van der Waals surface area contributed by atoms with Crippen LogP contribution >= 0.6 is 0 Å². The third-order valence-corrected chi connectivity index (χ3v) is 7.28. The van der Waals surface area contributed by atoms with E-state index in [-0.39, 0.29) is 23.2 Å². The standard InChI is InChI=1S/C30H34FNO2/c1-22(23-9-11-24(12-10-23)25-13-15-27(31)16-14-25)32-20-19-30(21-28(32)33,18-17-29(2,3)34)26-7-5-4-6-8-26/h4-16,22,34H,17-21H2,1-3H3/t22-,30?/m0/s1. The SMILES string of the molecule is C[C@@H](c1ccc(-c2ccc(F)cc2)cc1)N1CCC(CCC(C)(C)O)(c2ccccc2)CC1=O. The molecule has 3 aromatic rings. The molecule has 34 heavy (non-hydrogen) atoms. The zero-order valence-corrected chi connectivity index (χ0v) is 20.3. The quantitative estimate of drug-likeness (QED) is 0.429. The third-order valence-electron chi connectivity index (χ3n) is 7.28. The fourth-order valence-corrected chi connectivity index (χ4v) is 5.07. The summed E-state index contributed by atoms with van der Waals surface area (Å²) >= 11 is 0. The van der Waals surface area contributed by atoms with Gasteiger partial charge in [0.1, 0.15) is 5.82 Å². The lowest BCUT2D eigenvalue weighted by Crippen LogP contribution is -2.47. The highest BCUT2D eigenvalue weighted by Gasteiger charge is 2.42. The van der Waals surface area contributed by atoms with Gasteiger partial charge in [0.25, 0.3) is 0 Å². The second kappa shape index (κ2) is 9.71. The second-order valence-corrected chi connectivity index (χ2v) is 10.3. The Kier molecular flexibility index (Phi) is 6.90. The van der Waals surface area contributed by atoms with E-state index in [2.05, 4.69) is 31.2 Å². The van der Waals surface area contributed by atoms with E-state index in [0.717, 1.165) is 29.5 Å². The summed E-state index contributed by atoms with van der Waals surface area (Å²) in [5.41, 5.74) is 3.25. The van der Waals surface area contributed by atoms with Crippen molar-refractivity contribution in [3.63, 3.8) is 0 Å². The number of nitrogens with zero attached hydrogens (tertiary/aromatic N) is 1. The van der Waals surface area contributed by atoms with E-state index in [1.54, 1.807) is 12.1 Å². The topological polar surface area (TPSA) is 40.5 Å². The average Bonchev–Trinajstić information content (AvgIpc) is 2.83. The first-order valence-corrected chi connectivity index (χ1v) is 12.1. The van der Waals surface area contributed by atoms with Gasteiger partial charge in [-0.05, 0) is 74.4 Å². The monoisotopic (exact) mass is 459 g/mol. The van der Waals surface area contributed by atoms with Crippen LogP contribution in [-0.2, 0) is 10.2 Å². The van der Waals surface area contributed by atoms with Crippen LogP contribution < -0.4 is 0 Å². The summed E-state index contributed by atoms with van der Waals surface area (Å²) in [6.07, 6.45) is 2.75. The van der Waals surface area contributed by atoms with Crippen molar-refractivity contribution in [1.82, 2.24) is 4.90 Å². The van der Waals surface area contributed by atoms with Gasteiger partial charge in [-0.15, -0.1) is 0 Å². The van der Waals surface area contributed by atoms with Crippen LogP contribution in [0.5, 0.6) is 0 Å². The summed E-state index contributed by atoms with van der Waals surface area (Å²) < 4.78 is 13.2. The van der Waals surface area contributed by atoms with E-state index < -0.39 is 5.60 Å². The molecule has 1 unspecified atom stereocenters. The molecule has 0 saturated carbocycles. The fourth-order valence-electron chi connectivity index (χ4n) is 5.07. The normalized spacial score (nSPS) is 19.8. The van der Waals surface area contributed by atoms with Gasteiger partial charge < -0.3 is 10.0 Å². The summed E-state index contributed by atoms with van der Waals surface area (Å²) in [7, 11) is 0. The van der Waals surface area contributed by atoms with Crippen LogP contribution in [0.3, 0.4) is 0 Å². The number of carbonyl (C=O) groups is 1. The Hall–Kier alpha value is -2.98. The number of hydrogen-bond donors (Lipinski definition) is 1. The van der Waals surface area contributed by atoms with Gasteiger partial charge in [-0.3, -0.25) is 4.79 Å². The molecule has 0 bridgehead atoms. The van der Waals surface area contributed by atoms with E-state index in [4.69, 9.17) is 0 Å². The number of amides is 1. The van der Waals surface area contributed by atoms with Crippen LogP contribution in [0, 0.1) is 5.82 Å². The highest BCUT2D eigenvalue weighted by atomic mass is 19.1. The van der Waals surface area contributed by atoms with Gasteiger partial charge >= 0.3 is 0 Å². The molecule has 1 heterocycles. The van der Waals surface area contributed by atoms with Crippen molar-refractivity contribution in [2.45, 2.75) is 63.5 Å². The minimum absolute atomic E-state index is 0.0298. The molecule has 3 nitrogen and oxygen atoms in total. The summed E-state index contributed by atoms with van der Waals surface area (Å²) in [5.74, 6) is -0.0901. The lowest BCUT2D eigenvalue weighted by molar-refractivity contribution is -0.138. The number of rotatable bonds is 7. The smallest absolute Gasteiger partial charge is 0.223 e. The Labute approximate surface area is 202 Å². The van der Waals surface area contributed by atoms with Crippen molar-refractivity contribution >= 4 is 5.91 Å². The summed E-state index contributed by atoms with van der Waals surface area (Å²) in [5, 5.41) is 10.4. The Morgan fingerprint density at radius 1 is 0.971 bits per heavy atom. The Balaban J connectivity index is 1.51. The van der Waals surface area contributed by atoms with Crippen LogP contribution in [0.15, 0.2) is 78.9 Å². The highest BCUT2D eigenvalue weighted by molar-refractivity contribution is 5.79. The summed E-state index contributed by atoms with van der Waals surface area (Å²) in [6.45, 7) is 6.43. The molecule has 1 N–H and O–H groups in total. The van der Waals surface area contributed by atoms with Crippen molar-refractivity contribution in [1.29, 1.82) is 0 Å². The van der Waals surface area contributed by atoms with Gasteiger partial charge in [-0.25, -0.2) is 4.39 Å². The maximum atomic E-state index is 13.5. The molecule has 1 fully saturated rings. The molecule has 1 amide bonds. The van der Waals surface area contributed by atoms with Crippen molar-refractivity contribution in [2.75, 3.05) is 6.54 Å². The maximum absolute atomic E-state index is 13.5. The lowest BCUT2D eigenvalue weighted by Gasteiger charge is -2.44. The van der Waals surface area contributed by atoms with Crippen LogP contribution in [0.4, 0.5) is 4.39 Å². The molecular weight excluding hydrogens is 425 g/mol. The molecule has 1 saturated heterocycles. The number of piperidine rings is 1. The molecule has 1 aliphatic heterocycles. The number of carbonyl (C=O) groups excluding carboxylic acids is 1. The molecule has 2 atom stereocenters. The predicted molar refractivity (Wildman–Crippen MR) is 135 cm³/mol. The first-order valence-electron chi connectivity index (χ1n) is 12.1. The van der Waals surface area contributed by atoms with E-state index >= 15 is 0 Å². The molecule has 0 aliphatic carbocycles. The fraction of sp³-hybridized carbons (Fsp3) is 0.367. The van der Waals surface area contributed by atoms with Crippen molar-refractivity contribution in [2.24, 2.45) is 0 Å². The zero-order chi connectivity index (χ0) is 24.3. The van der Waals surface area contributed by atoms with Gasteiger partial charge in [0.2, 0.25) is 5.91 Å². The number of halogens is 1. The Morgan fingerprint density at radius 3 is 2.12 bits per heavy atom. The van der Waals surface area contributed by atoms with Crippen LogP contribution in [0.2, 0.25) is 0 Å². The number of benzene rings is 3. The van der Waals surface area contributed by atoms with Crippen LogP contribution in [0.1, 0.15) is 63.6 Å². The minimum atomic E-state index is -0.762. The van der Waals surface area contributed by atoms with E-state index in [1.807, 2.05) is 49.1 Å². The Bertz CT molecular complexity index is 1100. The lowest BCUT2D eigenvalue weighted by atomic mass is 9.68. The second-order valence-electron chi connectivity index (χ2n) is 10.3. The van der Waals surface area contributed by atoms with Gasteiger partial charge in [0.05, 0.1) is 11.6 Å². The number of hydrogen-bond acceptors (Lipinski definition) is 2. The maximum Gasteiger partial charge on any atom is 0.223 e. The molecule has 0 radical (unpaired) electrons. The number of likely N-dealkylation sites (tertiary alicyclic amines) is 1. The van der Waals surface area contributed by atoms with Gasteiger partial charge in [0.15, 0.2) is 0 Å². The van der Waals surface area contributed by atoms with Crippen LogP contribution in [0.25, 0.3) is 11.1 Å². The predicted octanol–water partition coefficient (Wildman–Crippen LogP) is 6.67. The van der Waals surface area contributed by atoms with Crippen LogP contribution in [-0.4, -0.2) is 28.1 Å². The molecule has 0 aromatic heterocycles. The molecule has 3 aromatic carbocycles. The molecule has 4 heteroatoms.